The van der Waals surface area contributed by atoms with Crippen molar-refractivity contribution in [1.29, 1.82) is 0 Å². The Morgan fingerprint density at radius 1 is 1.00 bits per heavy atom. The number of methoxy groups -OCH3 is 2. The van der Waals surface area contributed by atoms with Crippen molar-refractivity contribution in [3.8, 4) is 17.2 Å². The third kappa shape index (κ3) is 4.39. The molecule has 0 aromatic heterocycles. The third-order valence-corrected chi connectivity index (χ3v) is 3.77. The molecule has 2 aromatic carbocycles. The summed E-state index contributed by atoms with van der Waals surface area (Å²) >= 11 is 0. The van der Waals surface area contributed by atoms with Gasteiger partial charge in [-0.1, -0.05) is 24.3 Å². The molecular weight excluding hydrogens is 290 g/mol. The van der Waals surface area contributed by atoms with Gasteiger partial charge in [0.05, 0.1) is 20.8 Å². The third-order valence-electron chi connectivity index (χ3n) is 3.77. The minimum absolute atomic E-state index is 0.224. The van der Waals surface area contributed by atoms with Crippen molar-refractivity contribution in [3.05, 3.63) is 53.6 Å². The molecule has 2 rings (SSSR count). The van der Waals surface area contributed by atoms with Gasteiger partial charge in [0.1, 0.15) is 5.75 Å². The summed E-state index contributed by atoms with van der Waals surface area (Å²) in [5.74, 6) is 2.43. The summed E-state index contributed by atoms with van der Waals surface area (Å²) in [4.78, 5) is 0. The normalized spacial score (nSPS) is 11.8. The molecule has 1 atom stereocenters. The van der Waals surface area contributed by atoms with Gasteiger partial charge in [0.2, 0.25) is 0 Å². The van der Waals surface area contributed by atoms with Crippen molar-refractivity contribution in [1.82, 2.24) is 5.32 Å². The molecule has 0 bridgehead atoms. The second-order valence-electron chi connectivity index (χ2n) is 5.26. The van der Waals surface area contributed by atoms with Crippen molar-refractivity contribution >= 4 is 0 Å². The predicted molar refractivity (Wildman–Crippen MR) is 92.4 cm³/mol. The van der Waals surface area contributed by atoms with Crippen LogP contribution >= 0.6 is 0 Å². The summed E-state index contributed by atoms with van der Waals surface area (Å²) in [5, 5.41) is 3.52. The van der Waals surface area contributed by atoms with Crippen LogP contribution in [0.4, 0.5) is 0 Å². The van der Waals surface area contributed by atoms with Crippen molar-refractivity contribution in [2.75, 3.05) is 20.8 Å². The number of ether oxygens (including phenoxy) is 3. The van der Waals surface area contributed by atoms with Crippen LogP contribution in [-0.2, 0) is 6.54 Å². The average Bonchev–Trinajstić information content (AvgIpc) is 2.60. The summed E-state index contributed by atoms with van der Waals surface area (Å²) in [7, 11) is 3.31. The number of para-hydroxylation sites is 1. The highest BCUT2D eigenvalue weighted by Crippen LogP contribution is 2.31. The van der Waals surface area contributed by atoms with E-state index in [0.29, 0.717) is 13.2 Å². The Morgan fingerprint density at radius 2 is 1.74 bits per heavy atom. The van der Waals surface area contributed by atoms with E-state index in [1.807, 2.05) is 37.3 Å². The second-order valence-corrected chi connectivity index (χ2v) is 5.26. The van der Waals surface area contributed by atoms with E-state index in [-0.39, 0.29) is 6.04 Å². The molecule has 1 unspecified atom stereocenters. The Labute approximate surface area is 138 Å². The molecule has 23 heavy (non-hydrogen) atoms. The van der Waals surface area contributed by atoms with E-state index in [1.165, 1.54) is 5.56 Å². The lowest BCUT2D eigenvalue weighted by Gasteiger charge is -2.17. The highest BCUT2D eigenvalue weighted by molar-refractivity contribution is 5.46. The quantitative estimate of drug-likeness (QED) is 0.800. The lowest BCUT2D eigenvalue weighted by atomic mass is 10.1. The summed E-state index contributed by atoms with van der Waals surface area (Å²) in [5.41, 5.74) is 2.29. The van der Waals surface area contributed by atoms with Crippen LogP contribution in [0.25, 0.3) is 0 Å². The number of benzene rings is 2. The van der Waals surface area contributed by atoms with Crippen molar-refractivity contribution in [2.24, 2.45) is 0 Å². The maximum Gasteiger partial charge on any atom is 0.165 e. The lowest BCUT2D eigenvalue weighted by Crippen LogP contribution is -2.18. The Bertz CT molecular complexity index is 611. The van der Waals surface area contributed by atoms with E-state index < -0.39 is 0 Å². The van der Waals surface area contributed by atoms with Crippen LogP contribution in [0.1, 0.15) is 31.0 Å². The molecule has 0 aliphatic rings. The molecule has 0 spiro atoms. The van der Waals surface area contributed by atoms with Gasteiger partial charge in [0, 0.05) is 18.2 Å². The first-order valence-electron chi connectivity index (χ1n) is 7.85. The number of hydrogen-bond donors (Lipinski definition) is 1. The molecule has 0 aliphatic carbocycles. The largest absolute Gasteiger partial charge is 0.494 e. The fourth-order valence-corrected chi connectivity index (χ4v) is 2.49. The van der Waals surface area contributed by atoms with Gasteiger partial charge in [0.25, 0.3) is 0 Å². The van der Waals surface area contributed by atoms with Crippen LogP contribution in [0.15, 0.2) is 42.5 Å². The van der Waals surface area contributed by atoms with E-state index in [4.69, 9.17) is 14.2 Å². The van der Waals surface area contributed by atoms with Crippen LogP contribution in [0.3, 0.4) is 0 Å². The topological polar surface area (TPSA) is 39.7 Å². The molecule has 124 valence electrons. The molecule has 0 amide bonds. The Hall–Kier alpha value is -2.20. The maximum absolute atomic E-state index is 5.47. The zero-order valence-electron chi connectivity index (χ0n) is 14.3. The van der Waals surface area contributed by atoms with Crippen molar-refractivity contribution in [3.63, 3.8) is 0 Å². The minimum Gasteiger partial charge on any atom is -0.494 e. The molecular formula is C19H25NO3. The number of rotatable bonds is 8. The van der Waals surface area contributed by atoms with E-state index in [2.05, 4.69) is 24.4 Å². The Morgan fingerprint density at radius 3 is 2.35 bits per heavy atom. The standard InChI is InChI=1S/C19H25NO3/c1-5-23-17-11-9-15(10-12-17)14(2)20-13-16-7-6-8-18(21-3)19(16)22-4/h6-12,14,20H,5,13H2,1-4H3. The zero-order valence-corrected chi connectivity index (χ0v) is 14.3. The molecule has 0 radical (unpaired) electrons. The zero-order chi connectivity index (χ0) is 16.7. The van der Waals surface area contributed by atoms with Crippen molar-refractivity contribution < 1.29 is 14.2 Å². The second kappa shape index (κ2) is 8.44. The average molecular weight is 315 g/mol. The van der Waals surface area contributed by atoms with Gasteiger partial charge >= 0.3 is 0 Å². The molecule has 1 N–H and O–H groups in total. The lowest BCUT2D eigenvalue weighted by molar-refractivity contribution is 0.340. The minimum atomic E-state index is 0.224. The number of nitrogens with one attached hydrogen (secondary N) is 1. The van der Waals surface area contributed by atoms with E-state index >= 15 is 0 Å². The van der Waals surface area contributed by atoms with Gasteiger partial charge in [-0.15, -0.1) is 0 Å². The SMILES string of the molecule is CCOc1ccc(C(C)NCc2cccc(OC)c2OC)cc1. The first-order valence-corrected chi connectivity index (χ1v) is 7.85. The van der Waals surface area contributed by atoms with E-state index in [0.717, 1.165) is 22.8 Å². The molecule has 4 nitrogen and oxygen atoms in total. The molecule has 0 aliphatic heterocycles. The summed E-state index contributed by atoms with van der Waals surface area (Å²) in [6.45, 7) is 5.51. The van der Waals surface area contributed by atoms with Crippen LogP contribution < -0.4 is 19.5 Å². The molecule has 0 heterocycles. The van der Waals surface area contributed by atoms with E-state index in [9.17, 15) is 0 Å². The van der Waals surface area contributed by atoms with Crippen LogP contribution in [-0.4, -0.2) is 20.8 Å². The smallest absolute Gasteiger partial charge is 0.165 e. The fraction of sp³-hybridized carbons (Fsp3) is 0.368. The first-order chi connectivity index (χ1) is 11.2. The maximum atomic E-state index is 5.47. The monoisotopic (exact) mass is 315 g/mol. The van der Waals surface area contributed by atoms with Gasteiger partial charge in [0.15, 0.2) is 11.5 Å². The first kappa shape index (κ1) is 17.2. The molecule has 0 saturated heterocycles. The van der Waals surface area contributed by atoms with Gasteiger partial charge in [-0.2, -0.15) is 0 Å². The molecule has 2 aromatic rings. The summed E-state index contributed by atoms with van der Waals surface area (Å²) < 4.78 is 16.3. The Balaban J connectivity index is 2.02. The van der Waals surface area contributed by atoms with Crippen LogP contribution in [0, 0.1) is 0 Å². The molecule has 0 fully saturated rings. The predicted octanol–water partition coefficient (Wildman–Crippen LogP) is 3.95. The van der Waals surface area contributed by atoms with Crippen LogP contribution in [0.5, 0.6) is 17.2 Å². The fourth-order valence-electron chi connectivity index (χ4n) is 2.49. The van der Waals surface area contributed by atoms with Gasteiger partial charge in [-0.05, 0) is 37.6 Å². The molecule has 0 saturated carbocycles. The van der Waals surface area contributed by atoms with Gasteiger partial charge < -0.3 is 19.5 Å². The summed E-state index contributed by atoms with van der Waals surface area (Å²) in [6.07, 6.45) is 0. The van der Waals surface area contributed by atoms with E-state index in [1.54, 1.807) is 14.2 Å². The molecule has 4 heteroatoms. The van der Waals surface area contributed by atoms with Gasteiger partial charge in [-0.25, -0.2) is 0 Å². The van der Waals surface area contributed by atoms with Crippen molar-refractivity contribution in [2.45, 2.75) is 26.4 Å². The number of hydrogen-bond acceptors (Lipinski definition) is 4. The highest BCUT2D eigenvalue weighted by Gasteiger charge is 2.11. The Kier molecular flexibility index (Phi) is 6.29. The summed E-state index contributed by atoms with van der Waals surface area (Å²) in [6, 6.07) is 14.3. The van der Waals surface area contributed by atoms with Crippen LogP contribution in [0.2, 0.25) is 0 Å². The highest BCUT2D eigenvalue weighted by atomic mass is 16.5. The van der Waals surface area contributed by atoms with Gasteiger partial charge in [-0.3, -0.25) is 0 Å².